The maximum absolute atomic E-state index is 14.1. The molecule has 2 aliphatic rings. The number of amides is 1. The van der Waals surface area contributed by atoms with Gasteiger partial charge in [0.25, 0.3) is 5.91 Å². The summed E-state index contributed by atoms with van der Waals surface area (Å²) in [4.78, 5) is 28.8. The van der Waals surface area contributed by atoms with Gasteiger partial charge in [-0.1, -0.05) is 40.2 Å². The lowest BCUT2D eigenvalue weighted by molar-refractivity contribution is 0.0693. The molecule has 210 valence electrons. The average Bonchev–Trinajstić information content (AvgIpc) is 2.98. The summed E-state index contributed by atoms with van der Waals surface area (Å²) >= 11 is 3.48. The third kappa shape index (κ3) is 4.71. The van der Waals surface area contributed by atoms with Crippen molar-refractivity contribution >= 4 is 49.9 Å². The number of benzene rings is 4. The number of carbonyl (C=O) groups excluding carboxylic acids is 2. The maximum atomic E-state index is 14.1. The number of sulfone groups is 1. The van der Waals surface area contributed by atoms with E-state index < -0.39 is 15.9 Å². The number of halogens is 2. The van der Waals surface area contributed by atoms with Crippen LogP contribution in [0.4, 0.5) is 0 Å². The molecule has 0 bridgehead atoms. The number of methoxy groups -OCH3 is 2. The quantitative estimate of drug-likeness (QED) is 0.234. The van der Waals surface area contributed by atoms with E-state index in [0.29, 0.717) is 24.5 Å². The van der Waals surface area contributed by atoms with E-state index in [1.54, 1.807) is 31.3 Å². The molecule has 0 radical (unpaired) electrons. The van der Waals surface area contributed by atoms with E-state index in [1.807, 2.05) is 36.4 Å². The van der Waals surface area contributed by atoms with Crippen LogP contribution in [-0.2, 0) is 16.3 Å². The smallest absolute Gasteiger partial charge is 0.254 e. The maximum Gasteiger partial charge on any atom is 0.254 e. The standard InChI is InChI=1S/C31H24BrNO6S.ClH/c1-38-25-15-19-13-14-33(29(24(19)17-26(25)39-2)18-7-10-21(32)11-8-18)31(35)20-9-12-23-28(16-20)40(36,37)27-6-4-3-5-22(27)30(23)34;/h3-12,15-17,29H,13-14H2,1-2H3;1H. The number of nitrogens with zero attached hydrogens (tertiary/aromatic N) is 1. The zero-order valence-corrected chi connectivity index (χ0v) is 25.3. The molecule has 0 saturated heterocycles. The SMILES string of the molecule is COc1cc2c(cc1OC)C(c1ccc(Br)cc1)N(C(=O)c1ccc3c(c1)S(=O)(=O)c1ccccc1C3=O)CC2.Cl. The summed E-state index contributed by atoms with van der Waals surface area (Å²) in [5.41, 5.74) is 3.22. The molecule has 2 heterocycles. The van der Waals surface area contributed by atoms with Gasteiger partial charge in [-0.05, 0) is 77.7 Å². The van der Waals surface area contributed by atoms with Crippen LogP contribution in [0.2, 0.25) is 0 Å². The van der Waals surface area contributed by atoms with Crippen LogP contribution in [0.1, 0.15) is 49.0 Å². The largest absolute Gasteiger partial charge is 0.493 e. The molecule has 4 aromatic carbocycles. The fraction of sp³-hybridized carbons (Fsp3) is 0.161. The third-order valence-corrected chi connectivity index (χ3v) is 9.88. The summed E-state index contributed by atoms with van der Waals surface area (Å²) in [6.07, 6.45) is 0.573. The summed E-state index contributed by atoms with van der Waals surface area (Å²) < 4.78 is 39.0. The van der Waals surface area contributed by atoms with E-state index >= 15 is 0 Å². The Morgan fingerprint density at radius 2 is 1.54 bits per heavy atom. The van der Waals surface area contributed by atoms with Crippen LogP contribution < -0.4 is 9.47 Å². The van der Waals surface area contributed by atoms with Crippen LogP contribution in [0, 0.1) is 0 Å². The van der Waals surface area contributed by atoms with Gasteiger partial charge in [0.2, 0.25) is 9.84 Å². The van der Waals surface area contributed by atoms with E-state index in [4.69, 9.17) is 9.47 Å². The van der Waals surface area contributed by atoms with Gasteiger partial charge in [0.15, 0.2) is 17.3 Å². The van der Waals surface area contributed by atoms with E-state index in [9.17, 15) is 18.0 Å². The second-order valence-corrected chi connectivity index (χ2v) is 12.5. The molecule has 0 aromatic heterocycles. The van der Waals surface area contributed by atoms with E-state index in [1.165, 1.54) is 30.3 Å². The van der Waals surface area contributed by atoms with Gasteiger partial charge in [-0.3, -0.25) is 9.59 Å². The zero-order valence-electron chi connectivity index (χ0n) is 22.1. The highest BCUT2D eigenvalue weighted by molar-refractivity contribution is 9.10. The average molecular weight is 655 g/mol. The minimum absolute atomic E-state index is 0. The minimum Gasteiger partial charge on any atom is -0.493 e. The molecular weight excluding hydrogens is 630 g/mol. The first kappa shape index (κ1) is 28.9. The van der Waals surface area contributed by atoms with Crippen molar-refractivity contribution in [1.29, 1.82) is 0 Å². The van der Waals surface area contributed by atoms with Gasteiger partial charge in [0.1, 0.15) is 0 Å². The molecular formula is C31H25BrClNO6S. The van der Waals surface area contributed by atoms with Crippen molar-refractivity contribution in [1.82, 2.24) is 4.90 Å². The predicted octanol–water partition coefficient (Wildman–Crippen LogP) is 6.05. The number of ether oxygens (including phenoxy) is 2. The van der Waals surface area contributed by atoms with Crippen molar-refractivity contribution in [3.63, 3.8) is 0 Å². The Bertz CT molecular complexity index is 1810. The van der Waals surface area contributed by atoms with Crippen molar-refractivity contribution in [3.8, 4) is 11.5 Å². The molecule has 1 unspecified atom stereocenters. The van der Waals surface area contributed by atoms with Crippen LogP contribution in [0.5, 0.6) is 11.5 Å². The van der Waals surface area contributed by atoms with Crippen LogP contribution in [0.15, 0.2) is 93.1 Å². The van der Waals surface area contributed by atoms with Gasteiger partial charge in [0.05, 0.1) is 30.1 Å². The Morgan fingerprint density at radius 3 is 2.24 bits per heavy atom. The zero-order chi connectivity index (χ0) is 28.2. The lowest BCUT2D eigenvalue weighted by atomic mass is 9.87. The summed E-state index contributed by atoms with van der Waals surface area (Å²) in [5.74, 6) is 0.452. The Morgan fingerprint density at radius 1 is 0.878 bits per heavy atom. The van der Waals surface area contributed by atoms with E-state index in [0.717, 1.165) is 21.2 Å². The first-order chi connectivity index (χ1) is 19.2. The van der Waals surface area contributed by atoms with Crippen LogP contribution >= 0.6 is 28.3 Å². The molecule has 2 aliphatic heterocycles. The fourth-order valence-corrected chi connectivity index (χ4v) is 7.49. The lowest BCUT2D eigenvalue weighted by Gasteiger charge is -2.38. The van der Waals surface area contributed by atoms with E-state index in [-0.39, 0.29) is 50.6 Å². The monoisotopic (exact) mass is 653 g/mol. The molecule has 0 saturated carbocycles. The van der Waals surface area contributed by atoms with Crippen molar-refractivity contribution in [2.24, 2.45) is 0 Å². The molecule has 0 N–H and O–H groups in total. The molecule has 0 aliphatic carbocycles. The van der Waals surface area contributed by atoms with Crippen LogP contribution in [-0.4, -0.2) is 45.8 Å². The highest BCUT2D eigenvalue weighted by atomic mass is 79.9. The summed E-state index contributed by atoms with van der Waals surface area (Å²) in [7, 11) is -0.831. The number of ketones is 1. The van der Waals surface area contributed by atoms with Crippen molar-refractivity contribution < 1.29 is 27.5 Å². The van der Waals surface area contributed by atoms with Gasteiger partial charge in [-0.15, -0.1) is 12.4 Å². The second-order valence-electron chi connectivity index (χ2n) is 9.65. The molecule has 41 heavy (non-hydrogen) atoms. The molecule has 7 nitrogen and oxygen atoms in total. The molecule has 6 rings (SSSR count). The molecule has 0 fully saturated rings. The molecule has 10 heteroatoms. The third-order valence-electron chi connectivity index (χ3n) is 7.50. The number of hydrogen-bond acceptors (Lipinski definition) is 6. The lowest BCUT2D eigenvalue weighted by Crippen LogP contribution is -2.40. The summed E-state index contributed by atoms with van der Waals surface area (Å²) in [6, 6.07) is 21.6. The second kappa shape index (κ2) is 11.0. The first-order valence-corrected chi connectivity index (χ1v) is 14.9. The number of carbonyl (C=O) groups is 2. The minimum atomic E-state index is -3.98. The molecule has 4 aromatic rings. The first-order valence-electron chi connectivity index (χ1n) is 12.6. The van der Waals surface area contributed by atoms with Gasteiger partial charge >= 0.3 is 0 Å². The van der Waals surface area contributed by atoms with Gasteiger partial charge in [-0.25, -0.2) is 8.42 Å². The highest BCUT2D eigenvalue weighted by Crippen LogP contribution is 2.42. The predicted molar refractivity (Wildman–Crippen MR) is 159 cm³/mol. The van der Waals surface area contributed by atoms with Crippen molar-refractivity contribution in [3.05, 3.63) is 117 Å². The Hall–Kier alpha value is -3.66. The molecule has 0 spiro atoms. The van der Waals surface area contributed by atoms with Crippen LogP contribution in [0.25, 0.3) is 0 Å². The number of fused-ring (bicyclic) bond motifs is 3. The number of hydrogen-bond donors (Lipinski definition) is 0. The highest BCUT2D eigenvalue weighted by Gasteiger charge is 2.37. The Balaban J connectivity index is 0.00000337. The molecule has 1 atom stereocenters. The van der Waals surface area contributed by atoms with Crippen molar-refractivity contribution in [2.45, 2.75) is 22.3 Å². The normalized spacial score (nSPS) is 16.5. The Kier molecular flexibility index (Phi) is 7.72. The van der Waals surface area contributed by atoms with Gasteiger partial charge in [-0.2, -0.15) is 0 Å². The summed E-state index contributed by atoms with van der Waals surface area (Å²) in [5, 5.41) is 0. The van der Waals surface area contributed by atoms with Crippen LogP contribution in [0.3, 0.4) is 0 Å². The Labute approximate surface area is 252 Å². The summed E-state index contributed by atoms with van der Waals surface area (Å²) in [6.45, 7) is 0.396. The number of rotatable bonds is 4. The fourth-order valence-electron chi connectivity index (χ4n) is 5.55. The van der Waals surface area contributed by atoms with Gasteiger partial charge in [0, 0.05) is 27.7 Å². The van der Waals surface area contributed by atoms with E-state index in [2.05, 4.69) is 15.9 Å². The van der Waals surface area contributed by atoms with Gasteiger partial charge < -0.3 is 14.4 Å². The van der Waals surface area contributed by atoms with Crippen molar-refractivity contribution in [2.75, 3.05) is 20.8 Å². The topological polar surface area (TPSA) is 90.0 Å². The molecule has 1 amide bonds.